The molecule has 0 atom stereocenters. The van der Waals surface area contributed by atoms with E-state index < -0.39 is 10.0 Å². The highest BCUT2D eigenvalue weighted by atomic mass is 32.2. The average Bonchev–Trinajstić information content (AvgIpc) is 2.73. The summed E-state index contributed by atoms with van der Waals surface area (Å²) in [5.41, 5.74) is 1.63. The second-order valence-electron chi connectivity index (χ2n) is 7.06. The highest BCUT2D eigenvalue weighted by Gasteiger charge is 2.29. The van der Waals surface area contributed by atoms with Crippen molar-refractivity contribution < 1.29 is 13.2 Å². The van der Waals surface area contributed by atoms with E-state index in [-0.39, 0.29) is 10.8 Å². The minimum Gasteiger partial charge on any atom is -0.349 e. The highest BCUT2D eigenvalue weighted by molar-refractivity contribution is 7.89. The van der Waals surface area contributed by atoms with E-state index in [0.29, 0.717) is 31.1 Å². The van der Waals surface area contributed by atoms with Crippen LogP contribution in [0.1, 0.15) is 28.8 Å². The molecule has 1 N–H and O–H groups in total. The van der Waals surface area contributed by atoms with E-state index in [0.717, 1.165) is 19.3 Å². The minimum atomic E-state index is -3.60. The summed E-state index contributed by atoms with van der Waals surface area (Å²) in [5, 5.41) is 2.67. The first-order valence-corrected chi connectivity index (χ1v) is 11.0. The van der Waals surface area contributed by atoms with Gasteiger partial charge in [-0.2, -0.15) is 4.31 Å². The number of piperidine rings is 1. The molecule has 0 unspecified atom stereocenters. The molecular weight excluding hydrogens is 372 g/mol. The number of sulfonamides is 1. The van der Waals surface area contributed by atoms with Crippen LogP contribution < -0.4 is 5.32 Å². The number of carbonyl (C=O) groups excluding carboxylic acids is 1. The predicted molar refractivity (Wildman–Crippen MR) is 111 cm³/mol. The molecule has 148 valence electrons. The average molecular weight is 399 g/mol. The molecule has 2 aromatic rings. The van der Waals surface area contributed by atoms with Crippen LogP contribution in [-0.2, 0) is 16.4 Å². The van der Waals surface area contributed by atoms with Crippen LogP contribution in [0.4, 0.5) is 0 Å². The van der Waals surface area contributed by atoms with Crippen molar-refractivity contribution in [2.45, 2.75) is 24.2 Å². The molecule has 0 radical (unpaired) electrons. The molecule has 1 heterocycles. The maximum absolute atomic E-state index is 13.0. The van der Waals surface area contributed by atoms with E-state index in [1.807, 2.05) is 18.2 Å². The molecule has 0 saturated carbocycles. The van der Waals surface area contributed by atoms with Crippen LogP contribution in [0, 0.1) is 5.92 Å². The molecule has 1 amide bonds. The third-order valence-corrected chi connectivity index (χ3v) is 6.98. The number of nitrogens with one attached hydrogen (secondary N) is 1. The van der Waals surface area contributed by atoms with Gasteiger partial charge in [0, 0.05) is 25.2 Å². The normalized spacial score (nSPS) is 15.9. The molecule has 1 saturated heterocycles. The van der Waals surface area contributed by atoms with E-state index in [1.54, 1.807) is 24.3 Å². The van der Waals surface area contributed by atoms with Crippen molar-refractivity contribution in [3.63, 3.8) is 0 Å². The molecule has 2 aromatic carbocycles. The first-order valence-electron chi connectivity index (χ1n) is 9.54. The van der Waals surface area contributed by atoms with Gasteiger partial charge in [-0.05, 0) is 48.9 Å². The lowest BCUT2D eigenvalue weighted by Crippen LogP contribution is -2.39. The maximum Gasteiger partial charge on any atom is 0.251 e. The molecule has 6 heteroatoms. The molecule has 1 aliphatic heterocycles. The fourth-order valence-corrected chi connectivity index (χ4v) is 5.03. The van der Waals surface area contributed by atoms with Crippen molar-refractivity contribution in [2.24, 2.45) is 5.92 Å². The van der Waals surface area contributed by atoms with Gasteiger partial charge < -0.3 is 5.32 Å². The predicted octanol–water partition coefficient (Wildman–Crippen LogP) is 3.25. The maximum atomic E-state index is 13.0. The summed E-state index contributed by atoms with van der Waals surface area (Å²) in [5.74, 6) is 0.184. The van der Waals surface area contributed by atoms with Gasteiger partial charge in [0.05, 0.1) is 4.90 Å². The van der Waals surface area contributed by atoms with Gasteiger partial charge in [0.1, 0.15) is 0 Å². The van der Waals surface area contributed by atoms with Crippen molar-refractivity contribution in [1.29, 1.82) is 0 Å². The van der Waals surface area contributed by atoms with Crippen LogP contribution in [0.5, 0.6) is 0 Å². The zero-order valence-corrected chi connectivity index (χ0v) is 16.7. The summed E-state index contributed by atoms with van der Waals surface area (Å²) in [7, 11) is -3.60. The third-order valence-electron chi connectivity index (χ3n) is 5.08. The standard InChI is InChI=1S/C22H26N2O3S/c1-2-13-23-22(25)20-9-6-10-21(17-20)28(26,27)24-14-11-19(12-15-24)16-18-7-4-3-5-8-18/h2-10,17,19H,1,11-16H2,(H,23,25). The van der Waals surface area contributed by atoms with Crippen LogP contribution in [0.2, 0.25) is 0 Å². The highest BCUT2D eigenvalue weighted by Crippen LogP contribution is 2.26. The Morgan fingerprint density at radius 2 is 1.82 bits per heavy atom. The van der Waals surface area contributed by atoms with Crippen molar-refractivity contribution in [2.75, 3.05) is 19.6 Å². The third kappa shape index (κ3) is 4.88. The van der Waals surface area contributed by atoms with Gasteiger partial charge >= 0.3 is 0 Å². The molecule has 1 fully saturated rings. The van der Waals surface area contributed by atoms with Crippen LogP contribution >= 0.6 is 0 Å². The van der Waals surface area contributed by atoms with Gasteiger partial charge in [-0.25, -0.2) is 8.42 Å². The summed E-state index contributed by atoms with van der Waals surface area (Å²) in [4.78, 5) is 12.3. The SMILES string of the molecule is C=CCNC(=O)c1cccc(S(=O)(=O)N2CCC(Cc3ccccc3)CC2)c1. The molecule has 0 aliphatic carbocycles. The molecule has 3 rings (SSSR count). The number of hydrogen-bond acceptors (Lipinski definition) is 3. The fourth-order valence-electron chi connectivity index (χ4n) is 3.51. The van der Waals surface area contributed by atoms with Crippen molar-refractivity contribution in [1.82, 2.24) is 9.62 Å². The van der Waals surface area contributed by atoms with Gasteiger partial charge in [0.25, 0.3) is 5.91 Å². The number of benzene rings is 2. The zero-order valence-electron chi connectivity index (χ0n) is 15.9. The summed E-state index contributed by atoms with van der Waals surface area (Å²) < 4.78 is 27.6. The number of nitrogens with zero attached hydrogens (tertiary/aromatic N) is 1. The zero-order chi connectivity index (χ0) is 20.0. The Morgan fingerprint density at radius 1 is 1.11 bits per heavy atom. The minimum absolute atomic E-state index is 0.167. The van der Waals surface area contributed by atoms with Gasteiger partial charge in [-0.1, -0.05) is 42.5 Å². The van der Waals surface area contributed by atoms with Crippen molar-refractivity contribution >= 4 is 15.9 Å². The van der Waals surface area contributed by atoms with Crippen molar-refractivity contribution in [3.8, 4) is 0 Å². The summed E-state index contributed by atoms with van der Waals surface area (Å²) in [6.45, 7) is 4.91. The number of rotatable bonds is 7. The largest absolute Gasteiger partial charge is 0.349 e. The second kappa shape index (κ2) is 9.17. The lowest BCUT2D eigenvalue weighted by atomic mass is 9.91. The number of carbonyl (C=O) groups is 1. The van der Waals surface area contributed by atoms with E-state index in [4.69, 9.17) is 0 Å². The van der Waals surface area contributed by atoms with Crippen LogP contribution in [0.15, 0.2) is 72.1 Å². The van der Waals surface area contributed by atoms with Crippen LogP contribution in [0.3, 0.4) is 0 Å². The van der Waals surface area contributed by atoms with E-state index in [1.165, 1.54) is 15.9 Å². The molecule has 0 bridgehead atoms. The molecular formula is C22H26N2O3S. The topological polar surface area (TPSA) is 66.5 Å². The Kier molecular flexibility index (Phi) is 6.65. The Bertz CT molecular complexity index is 918. The fraction of sp³-hybridized carbons (Fsp3) is 0.318. The van der Waals surface area contributed by atoms with Gasteiger partial charge in [0.15, 0.2) is 0 Å². The number of amides is 1. The Balaban J connectivity index is 1.65. The van der Waals surface area contributed by atoms with Gasteiger partial charge in [0.2, 0.25) is 10.0 Å². The lowest BCUT2D eigenvalue weighted by Gasteiger charge is -2.31. The molecule has 0 spiro atoms. The van der Waals surface area contributed by atoms with Crippen LogP contribution in [-0.4, -0.2) is 38.3 Å². The monoisotopic (exact) mass is 398 g/mol. The molecule has 5 nitrogen and oxygen atoms in total. The molecule has 28 heavy (non-hydrogen) atoms. The van der Waals surface area contributed by atoms with E-state index in [2.05, 4.69) is 24.0 Å². The number of hydrogen-bond donors (Lipinski definition) is 1. The van der Waals surface area contributed by atoms with Gasteiger partial charge in [-0.15, -0.1) is 6.58 Å². The first-order chi connectivity index (χ1) is 13.5. The quantitative estimate of drug-likeness (QED) is 0.728. The van der Waals surface area contributed by atoms with E-state index in [9.17, 15) is 13.2 Å². The summed E-state index contributed by atoms with van der Waals surface area (Å²) >= 11 is 0. The summed E-state index contributed by atoms with van der Waals surface area (Å²) in [6.07, 6.45) is 4.24. The Morgan fingerprint density at radius 3 is 2.50 bits per heavy atom. The summed E-state index contributed by atoms with van der Waals surface area (Å²) in [6, 6.07) is 16.5. The second-order valence-corrected chi connectivity index (χ2v) is 9.00. The van der Waals surface area contributed by atoms with Gasteiger partial charge in [-0.3, -0.25) is 4.79 Å². The lowest BCUT2D eigenvalue weighted by molar-refractivity contribution is 0.0958. The Labute approximate surface area is 167 Å². The van der Waals surface area contributed by atoms with Crippen LogP contribution in [0.25, 0.3) is 0 Å². The first kappa shape index (κ1) is 20.3. The molecule has 0 aromatic heterocycles. The molecule has 1 aliphatic rings. The van der Waals surface area contributed by atoms with E-state index >= 15 is 0 Å². The van der Waals surface area contributed by atoms with Crippen molar-refractivity contribution in [3.05, 3.63) is 78.4 Å². The Hall–Kier alpha value is -2.44. The smallest absolute Gasteiger partial charge is 0.251 e.